The molecule has 1 saturated carbocycles. The van der Waals surface area contributed by atoms with Gasteiger partial charge in [0.1, 0.15) is 0 Å². The van der Waals surface area contributed by atoms with E-state index in [0.717, 1.165) is 30.7 Å². The number of benzene rings is 1. The number of aliphatic hydroxyl groups is 1. The fourth-order valence-electron chi connectivity index (χ4n) is 2.44. The van der Waals surface area contributed by atoms with E-state index in [4.69, 9.17) is 11.6 Å². The predicted molar refractivity (Wildman–Crippen MR) is 63.4 cm³/mol. The van der Waals surface area contributed by atoms with Crippen molar-refractivity contribution in [3.8, 4) is 0 Å². The summed E-state index contributed by atoms with van der Waals surface area (Å²) in [6.45, 7) is 2.14. The Morgan fingerprint density at radius 3 is 2.53 bits per heavy atom. The van der Waals surface area contributed by atoms with Crippen LogP contribution >= 0.6 is 11.6 Å². The molecule has 1 N–H and O–H groups in total. The average molecular weight is 225 g/mol. The molecule has 1 nitrogen and oxygen atoms in total. The highest BCUT2D eigenvalue weighted by molar-refractivity contribution is 6.30. The van der Waals surface area contributed by atoms with Gasteiger partial charge in [-0.25, -0.2) is 0 Å². The van der Waals surface area contributed by atoms with Crippen LogP contribution in [0.3, 0.4) is 0 Å². The van der Waals surface area contributed by atoms with E-state index in [-0.39, 0.29) is 6.10 Å². The van der Waals surface area contributed by atoms with Gasteiger partial charge in [-0.1, -0.05) is 17.7 Å². The second kappa shape index (κ2) is 4.54. The Labute approximate surface area is 96.1 Å². The Morgan fingerprint density at radius 2 is 1.87 bits per heavy atom. The van der Waals surface area contributed by atoms with Crippen molar-refractivity contribution < 1.29 is 5.11 Å². The molecule has 0 radical (unpaired) electrons. The molecule has 0 saturated heterocycles. The Kier molecular flexibility index (Phi) is 3.32. The molecule has 0 unspecified atom stereocenters. The molecule has 0 atom stereocenters. The molecule has 15 heavy (non-hydrogen) atoms. The van der Waals surface area contributed by atoms with Gasteiger partial charge in [0.2, 0.25) is 0 Å². The van der Waals surface area contributed by atoms with Crippen molar-refractivity contribution in [2.75, 3.05) is 0 Å². The zero-order valence-corrected chi connectivity index (χ0v) is 9.80. The van der Waals surface area contributed by atoms with E-state index in [2.05, 4.69) is 19.1 Å². The van der Waals surface area contributed by atoms with Crippen LogP contribution in [0.4, 0.5) is 0 Å². The van der Waals surface area contributed by atoms with Crippen LogP contribution in [-0.4, -0.2) is 11.2 Å². The molecule has 1 aromatic carbocycles. The van der Waals surface area contributed by atoms with Gasteiger partial charge in [0.25, 0.3) is 0 Å². The average Bonchev–Trinajstić information content (AvgIpc) is 2.23. The lowest BCUT2D eigenvalue weighted by atomic mass is 9.81. The summed E-state index contributed by atoms with van der Waals surface area (Å²) in [5.74, 6) is 0.590. The third kappa shape index (κ3) is 2.53. The molecular formula is C13H17ClO. The second-order valence-electron chi connectivity index (χ2n) is 4.51. The van der Waals surface area contributed by atoms with E-state index in [1.807, 2.05) is 6.07 Å². The maximum Gasteiger partial charge on any atom is 0.0540 e. The number of rotatable bonds is 1. The summed E-state index contributed by atoms with van der Waals surface area (Å²) in [6, 6.07) is 6.11. The molecule has 0 aliphatic heterocycles. The molecule has 1 aliphatic carbocycles. The first-order valence-corrected chi connectivity index (χ1v) is 5.98. The quantitative estimate of drug-likeness (QED) is 0.772. The lowest BCUT2D eigenvalue weighted by Crippen LogP contribution is -2.17. The number of hydrogen-bond donors (Lipinski definition) is 1. The van der Waals surface area contributed by atoms with Gasteiger partial charge in [-0.3, -0.25) is 0 Å². The zero-order valence-electron chi connectivity index (χ0n) is 9.04. The SMILES string of the molecule is Cc1ccc(Cl)cc1C1CCC(O)CC1. The number of halogens is 1. The normalized spacial score (nSPS) is 26.6. The summed E-state index contributed by atoms with van der Waals surface area (Å²) in [6.07, 6.45) is 3.94. The third-order valence-electron chi connectivity index (χ3n) is 3.38. The highest BCUT2D eigenvalue weighted by Gasteiger charge is 2.21. The second-order valence-corrected chi connectivity index (χ2v) is 4.94. The minimum absolute atomic E-state index is 0.0826. The fraction of sp³-hybridized carbons (Fsp3) is 0.538. The Bertz CT molecular complexity index is 340. The lowest BCUT2D eigenvalue weighted by Gasteiger charge is -2.26. The van der Waals surface area contributed by atoms with Crippen LogP contribution in [0.1, 0.15) is 42.7 Å². The Morgan fingerprint density at radius 1 is 1.20 bits per heavy atom. The van der Waals surface area contributed by atoms with Gasteiger partial charge in [-0.2, -0.15) is 0 Å². The molecule has 0 bridgehead atoms. The van der Waals surface area contributed by atoms with E-state index >= 15 is 0 Å². The molecular weight excluding hydrogens is 208 g/mol. The molecule has 0 amide bonds. The summed E-state index contributed by atoms with van der Waals surface area (Å²) in [4.78, 5) is 0. The third-order valence-corrected chi connectivity index (χ3v) is 3.61. The van der Waals surface area contributed by atoms with Crippen LogP contribution in [0.15, 0.2) is 18.2 Å². The van der Waals surface area contributed by atoms with Crippen molar-refractivity contribution in [1.29, 1.82) is 0 Å². The number of aryl methyl sites for hydroxylation is 1. The van der Waals surface area contributed by atoms with Gasteiger partial charge in [0.15, 0.2) is 0 Å². The van der Waals surface area contributed by atoms with E-state index in [1.54, 1.807) is 0 Å². The molecule has 1 aromatic rings. The first-order valence-electron chi connectivity index (χ1n) is 5.61. The highest BCUT2D eigenvalue weighted by atomic mass is 35.5. The summed E-state index contributed by atoms with van der Waals surface area (Å²) >= 11 is 6.02. The number of hydrogen-bond acceptors (Lipinski definition) is 1. The van der Waals surface area contributed by atoms with Crippen LogP contribution in [-0.2, 0) is 0 Å². The molecule has 1 aliphatic rings. The smallest absolute Gasteiger partial charge is 0.0540 e. The van der Waals surface area contributed by atoms with E-state index < -0.39 is 0 Å². The summed E-state index contributed by atoms with van der Waals surface area (Å²) < 4.78 is 0. The first-order chi connectivity index (χ1) is 7.16. The monoisotopic (exact) mass is 224 g/mol. The van der Waals surface area contributed by atoms with Gasteiger partial charge in [0.05, 0.1) is 6.10 Å². The van der Waals surface area contributed by atoms with Crippen LogP contribution in [0.25, 0.3) is 0 Å². The molecule has 0 aromatic heterocycles. The van der Waals surface area contributed by atoms with Gasteiger partial charge in [-0.15, -0.1) is 0 Å². The van der Waals surface area contributed by atoms with Crippen LogP contribution in [0.5, 0.6) is 0 Å². The van der Waals surface area contributed by atoms with Crippen molar-refractivity contribution in [2.24, 2.45) is 0 Å². The standard InChI is InChI=1S/C13H17ClO/c1-9-2-5-11(14)8-13(9)10-3-6-12(15)7-4-10/h2,5,8,10,12,15H,3-4,6-7H2,1H3. The minimum Gasteiger partial charge on any atom is -0.393 e. The summed E-state index contributed by atoms with van der Waals surface area (Å²) in [5, 5.41) is 10.3. The summed E-state index contributed by atoms with van der Waals surface area (Å²) in [7, 11) is 0. The fourth-order valence-corrected chi connectivity index (χ4v) is 2.62. The van der Waals surface area contributed by atoms with Crippen LogP contribution in [0.2, 0.25) is 5.02 Å². The Balaban J connectivity index is 2.18. The molecule has 0 spiro atoms. The predicted octanol–water partition coefficient (Wildman–Crippen LogP) is 3.67. The van der Waals surface area contributed by atoms with Crippen LogP contribution in [0, 0.1) is 6.92 Å². The largest absolute Gasteiger partial charge is 0.393 e. The van der Waals surface area contributed by atoms with Gasteiger partial charge < -0.3 is 5.11 Å². The molecule has 2 heteroatoms. The van der Waals surface area contributed by atoms with Crippen molar-refractivity contribution >= 4 is 11.6 Å². The van der Waals surface area contributed by atoms with Crippen molar-refractivity contribution in [3.05, 3.63) is 34.3 Å². The molecule has 1 fully saturated rings. The van der Waals surface area contributed by atoms with Gasteiger partial charge >= 0.3 is 0 Å². The maximum absolute atomic E-state index is 9.47. The molecule has 0 heterocycles. The van der Waals surface area contributed by atoms with Crippen molar-refractivity contribution in [1.82, 2.24) is 0 Å². The molecule has 82 valence electrons. The summed E-state index contributed by atoms with van der Waals surface area (Å²) in [5.41, 5.74) is 2.69. The topological polar surface area (TPSA) is 20.2 Å². The van der Waals surface area contributed by atoms with Gasteiger partial charge in [-0.05, 0) is 61.8 Å². The molecule has 2 rings (SSSR count). The van der Waals surface area contributed by atoms with E-state index in [9.17, 15) is 5.11 Å². The maximum atomic E-state index is 9.47. The zero-order chi connectivity index (χ0) is 10.8. The highest BCUT2D eigenvalue weighted by Crippen LogP contribution is 2.35. The number of aliphatic hydroxyl groups excluding tert-OH is 1. The lowest BCUT2D eigenvalue weighted by molar-refractivity contribution is 0.122. The van der Waals surface area contributed by atoms with Gasteiger partial charge in [0, 0.05) is 5.02 Å². The van der Waals surface area contributed by atoms with Crippen LogP contribution < -0.4 is 0 Å². The first kappa shape index (κ1) is 11.0. The van der Waals surface area contributed by atoms with E-state index in [1.165, 1.54) is 11.1 Å². The van der Waals surface area contributed by atoms with E-state index in [0.29, 0.717) is 5.92 Å². The van der Waals surface area contributed by atoms with Crippen molar-refractivity contribution in [2.45, 2.75) is 44.6 Å². The Hall–Kier alpha value is -0.530. The van der Waals surface area contributed by atoms with Crippen molar-refractivity contribution in [3.63, 3.8) is 0 Å². The minimum atomic E-state index is -0.0826.